The summed E-state index contributed by atoms with van der Waals surface area (Å²) in [5.41, 5.74) is -0.907. The van der Waals surface area contributed by atoms with Gasteiger partial charge >= 0.3 is 12.1 Å². The van der Waals surface area contributed by atoms with E-state index in [1.165, 1.54) is 6.07 Å². The second-order valence-electron chi connectivity index (χ2n) is 6.14. The quantitative estimate of drug-likeness (QED) is 0.843. The third-order valence-electron chi connectivity index (χ3n) is 4.30. The van der Waals surface area contributed by atoms with Gasteiger partial charge in [-0.25, -0.2) is 9.78 Å². The van der Waals surface area contributed by atoms with Crippen LogP contribution in [0.25, 0.3) is 0 Å². The lowest BCUT2D eigenvalue weighted by Crippen LogP contribution is -2.44. The predicted molar refractivity (Wildman–Crippen MR) is 87.6 cm³/mol. The number of furan rings is 1. The van der Waals surface area contributed by atoms with Gasteiger partial charge in [0.2, 0.25) is 0 Å². The fraction of sp³-hybridized carbons (Fsp3) is 0.353. The number of aromatic nitrogens is 1. The van der Waals surface area contributed by atoms with E-state index in [-0.39, 0.29) is 17.4 Å². The molecule has 2 N–H and O–H groups in total. The lowest BCUT2D eigenvalue weighted by Gasteiger charge is -2.33. The molecule has 10 heteroatoms. The predicted octanol–water partition coefficient (Wildman–Crippen LogP) is 2.79. The van der Waals surface area contributed by atoms with Gasteiger partial charge in [-0.3, -0.25) is 4.79 Å². The number of halogens is 3. The molecule has 0 spiro atoms. The summed E-state index contributed by atoms with van der Waals surface area (Å²) in [6.45, 7) is 1.03. The number of aromatic carboxylic acids is 1. The molecular weight excluding hydrogens is 367 g/mol. The average molecular weight is 383 g/mol. The number of hydrogen-bond donors (Lipinski definition) is 2. The van der Waals surface area contributed by atoms with Gasteiger partial charge in [-0.2, -0.15) is 13.2 Å². The number of amides is 1. The van der Waals surface area contributed by atoms with Crippen molar-refractivity contribution in [3.63, 3.8) is 0 Å². The van der Waals surface area contributed by atoms with Crippen LogP contribution in [0, 0.1) is 0 Å². The summed E-state index contributed by atoms with van der Waals surface area (Å²) in [5, 5.41) is 11.6. The number of carbonyl (C=O) groups excluding carboxylic acids is 1. The Labute approximate surface area is 151 Å². The largest absolute Gasteiger partial charge is 0.478 e. The summed E-state index contributed by atoms with van der Waals surface area (Å²) in [4.78, 5) is 28.6. The van der Waals surface area contributed by atoms with Gasteiger partial charge in [-0.1, -0.05) is 0 Å². The smallest absolute Gasteiger partial charge is 0.417 e. The number of nitrogens with one attached hydrogen (secondary N) is 1. The number of pyridine rings is 1. The van der Waals surface area contributed by atoms with E-state index in [1.807, 2.05) is 4.90 Å². The van der Waals surface area contributed by atoms with Gasteiger partial charge in [0.15, 0.2) is 5.76 Å². The molecule has 1 amide bonds. The van der Waals surface area contributed by atoms with E-state index in [2.05, 4.69) is 10.3 Å². The zero-order chi connectivity index (χ0) is 19.6. The molecule has 2 aromatic heterocycles. The Bertz CT molecular complexity index is 825. The van der Waals surface area contributed by atoms with E-state index in [1.54, 1.807) is 0 Å². The Morgan fingerprint density at radius 1 is 1.26 bits per heavy atom. The Kier molecular flexibility index (Phi) is 5.06. The van der Waals surface area contributed by atoms with E-state index < -0.39 is 23.6 Å². The maximum Gasteiger partial charge on any atom is 0.417 e. The van der Waals surface area contributed by atoms with Gasteiger partial charge in [0.1, 0.15) is 12.1 Å². The van der Waals surface area contributed by atoms with Crippen molar-refractivity contribution in [1.82, 2.24) is 10.3 Å². The molecule has 0 aliphatic carbocycles. The summed E-state index contributed by atoms with van der Waals surface area (Å²) in [7, 11) is 0. The van der Waals surface area contributed by atoms with Crippen LogP contribution in [0.4, 0.5) is 19.0 Å². The fourth-order valence-corrected chi connectivity index (χ4v) is 2.82. The van der Waals surface area contributed by atoms with Crippen molar-refractivity contribution in [2.45, 2.75) is 25.1 Å². The van der Waals surface area contributed by atoms with E-state index in [9.17, 15) is 22.8 Å². The van der Waals surface area contributed by atoms with Crippen LogP contribution in [0.3, 0.4) is 0 Å². The van der Waals surface area contributed by atoms with Crippen LogP contribution in [-0.4, -0.2) is 41.1 Å². The minimum Gasteiger partial charge on any atom is -0.478 e. The molecule has 2 aromatic rings. The molecule has 1 fully saturated rings. The number of nitrogens with zero attached hydrogens (tertiary/aromatic N) is 2. The van der Waals surface area contributed by atoms with E-state index in [0.717, 1.165) is 24.6 Å². The highest BCUT2D eigenvalue weighted by Crippen LogP contribution is 2.29. The number of piperidine rings is 1. The van der Waals surface area contributed by atoms with Crippen LogP contribution < -0.4 is 10.2 Å². The van der Waals surface area contributed by atoms with E-state index in [0.29, 0.717) is 31.7 Å². The van der Waals surface area contributed by atoms with Gasteiger partial charge in [0.25, 0.3) is 5.91 Å². The molecule has 1 saturated heterocycles. The molecule has 0 saturated carbocycles. The SMILES string of the molecule is O=C(O)c1coc(C(=O)NC2CCN(c3ccc(C(F)(F)F)cn3)CC2)c1. The third kappa shape index (κ3) is 4.39. The Balaban J connectivity index is 1.54. The van der Waals surface area contributed by atoms with Crippen LogP contribution in [0.5, 0.6) is 0 Å². The maximum absolute atomic E-state index is 12.6. The summed E-state index contributed by atoms with van der Waals surface area (Å²) < 4.78 is 42.7. The normalized spacial score (nSPS) is 15.6. The number of carbonyl (C=O) groups is 2. The molecule has 0 aromatic carbocycles. The number of hydrogen-bond acceptors (Lipinski definition) is 5. The molecule has 144 valence electrons. The van der Waals surface area contributed by atoms with Gasteiger partial charge in [0.05, 0.1) is 11.1 Å². The molecule has 0 unspecified atom stereocenters. The number of carboxylic acids is 1. The van der Waals surface area contributed by atoms with Crippen molar-refractivity contribution in [2.24, 2.45) is 0 Å². The minimum atomic E-state index is -4.42. The number of carboxylic acid groups (broad SMARTS) is 1. The first-order valence-corrected chi connectivity index (χ1v) is 8.15. The average Bonchev–Trinajstić information content (AvgIpc) is 3.12. The van der Waals surface area contributed by atoms with Gasteiger partial charge in [-0.05, 0) is 25.0 Å². The topological polar surface area (TPSA) is 95.7 Å². The zero-order valence-electron chi connectivity index (χ0n) is 14.0. The van der Waals surface area contributed by atoms with Crippen molar-refractivity contribution in [3.05, 3.63) is 47.5 Å². The number of alkyl halides is 3. The first kappa shape index (κ1) is 18.7. The molecule has 1 aliphatic rings. The van der Waals surface area contributed by atoms with Crippen LogP contribution in [-0.2, 0) is 6.18 Å². The van der Waals surface area contributed by atoms with Crippen molar-refractivity contribution < 1.29 is 32.3 Å². The summed E-state index contributed by atoms with van der Waals surface area (Å²) >= 11 is 0. The van der Waals surface area contributed by atoms with E-state index in [4.69, 9.17) is 9.52 Å². The zero-order valence-corrected chi connectivity index (χ0v) is 14.0. The molecule has 3 rings (SSSR count). The second-order valence-corrected chi connectivity index (χ2v) is 6.14. The number of anilines is 1. The molecule has 1 aliphatic heterocycles. The van der Waals surface area contributed by atoms with E-state index >= 15 is 0 Å². The third-order valence-corrected chi connectivity index (χ3v) is 4.30. The fourth-order valence-electron chi connectivity index (χ4n) is 2.82. The van der Waals surface area contributed by atoms with Gasteiger partial charge in [-0.15, -0.1) is 0 Å². The lowest BCUT2D eigenvalue weighted by molar-refractivity contribution is -0.137. The molecule has 0 radical (unpaired) electrons. The lowest BCUT2D eigenvalue weighted by atomic mass is 10.0. The summed E-state index contributed by atoms with van der Waals surface area (Å²) in [5.74, 6) is -1.33. The molecule has 0 bridgehead atoms. The number of rotatable bonds is 4. The highest BCUT2D eigenvalue weighted by Gasteiger charge is 2.31. The molecule has 0 atom stereocenters. The highest BCUT2D eigenvalue weighted by molar-refractivity contribution is 5.95. The summed E-state index contributed by atoms with van der Waals surface area (Å²) in [6, 6.07) is 3.32. The van der Waals surface area contributed by atoms with Crippen LogP contribution in [0.2, 0.25) is 0 Å². The van der Waals surface area contributed by atoms with Crippen LogP contribution in [0.15, 0.2) is 35.1 Å². The molecule has 3 heterocycles. The minimum absolute atomic E-state index is 0.0840. The Hall–Kier alpha value is -3.04. The molecule has 27 heavy (non-hydrogen) atoms. The van der Waals surface area contributed by atoms with Crippen LogP contribution >= 0.6 is 0 Å². The first-order chi connectivity index (χ1) is 12.7. The highest BCUT2D eigenvalue weighted by atomic mass is 19.4. The Morgan fingerprint density at radius 3 is 2.48 bits per heavy atom. The monoisotopic (exact) mass is 383 g/mol. The Morgan fingerprint density at radius 2 is 1.96 bits per heavy atom. The first-order valence-electron chi connectivity index (χ1n) is 8.15. The van der Waals surface area contributed by atoms with Crippen molar-refractivity contribution >= 4 is 17.7 Å². The standard InChI is InChI=1S/C17H16F3N3O4/c18-17(19,20)11-1-2-14(21-8-11)23-5-3-12(4-6-23)22-15(24)13-7-10(9-27-13)16(25)26/h1-2,7-9,12H,3-6H2,(H,22,24)(H,25,26). The van der Waals surface area contributed by atoms with Gasteiger partial charge < -0.3 is 19.7 Å². The van der Waals surface area contributed by atoms with Crippen molar-refractivity contribution in [3.8, 4) is 0 Å². The van der Waals surface area contributed by atoms with Crippen molar-refractivity contribution in [1.29, 1.82) is 0 Å². The van der Waals surface area contributed by atoms with Crippen molar-refractivity contribution in [2.75, 3.05) is 18.0 Å². The molecule has 7 nitrogen and oxygen atoms in total. The van der Waals surface area contributed by atoms with Crippen LogP contribution in [0.1, 0.15) is 39.3 Å². The second kappa shape index (κ2) is 7.29. The summed E-state index contributed by atoms with van der Waals surface area (Å²) in [6.07, 6.45) is -1.48. The maximum atomic E-state index is 12.6. The van der Waals surface area contributed by atoms with Gasteiger partial charge in [0, 0.05) is 31.4 Å². The molecular formula is C17H16F3N3O4.